The number of hydrogen-bond acceptors (Lipinski definition) is 8. The maximum Gasteiger partial charge on any atom is 0.247 e. The molecular weight excluding hydrogens is 502 g/mol. The Balaban J connectivity index is 1.33. The van der Waals surface area contributed by atoms with Crippen molar-refractivity contribution in [2.75, 3.05) is 62.3 Å². The number of hydrogen-bond donors (Lipinski definition) is 3. The Labute approximate surface area is 228 Å². The van der Waals surface area contributed by atoms with Gasteiger partial charge in [-0.3, -0.25) is 4.79 Å². The average Bonchev–Trinajstić information content (AvgIpc) is 2.91. The van der Waals surface area contributed by atoms with Crippen LogP contribution in [0.25, 0.3) is 0 Å². The third kappa shape index (κ3) is 7.92. The fraction of sp³-hybridized carbons (Fsp3) is 0.321. The number of amides is 1. The first kappa shape index (κ1) is 27.4. The number of carbonyl (C=O) groups excluding carboxylic acids is 1. The summed E-state index contributed by atoms with van der Waals surface area (Å²) in [6, 6.07) is 13.1. The zero-order valence-corrected chi connectivity index (χ0v) is 22.6. The van der Waals surface area contributed by atoms with Crippen molar-refractivity contribution in [3.05, 3.63) is 71.9 Å². The van der Waals surface area contributed by atoms with E-state index >= 15 is 0 Å². The van der Waals surface area contributed by atoms with Crippen molar-refractivity contribution in [3.8, 4) is 5.75 Å². The molecule has 1 saturated heterocycles. The number of nitrogens with zero attached hydrogens (tertiary/aromatic N) is 4. The normalized spacial score (nSPS) is 14.1. The summed E-state index contributed by atoms with van der Waals surface area (Å²) in [6.45, 7) is 11.7. The van der Waals surface area contributed by atoms with Crippen molar-refractivity contribution in [2.24, 2.45) is 0 Å². The van der Waals surface area contributed by atoms with Gasteiger partial charge in [0.15, 0.2) is 5.82 Å². The lowest BCUT2D eigenvalue weighted by atomic mass is 10.2. The van der Waals surface area contributed by atoms with Crippen molar-refractivity contribution >= 4 is 46.3 Å². The Morgan fingerprint density at radius 2 is 1.92 bits per heavy atom. The summed E-state index contributed by atoms with van der Waals surface area (Å²) in [5.41, 5.74) is 3.22. The molecule has 0 bridgehead atoms. The predicted octanol–water partition coefficient (Wildman–Crippen LogP) is 5.07. The van der Waals surface area contributed by atoms with Crippen LogP contribution in [0.2, 0.25) is 5.02 Å². The third-order valence-electron chi connectivity index (χ3n) is 6.25. The fourth-order valence-corrected chi connectivity index (χ4v) is 4.19. The molecule has 1 amide bonds. The van der Waals surface area contributed by atoms with E-state index < -0.39 is 0 Å². The molecule has 0 radical (unpaired) electrons. The molecule has 1 aromatic heterocycles. The molecule has 0 spiro atoms. The van der Waals surface area contributed by atoms with Crippen LogP contribution in [0.3, 0.4) is 0 Å². The lowest BCUT2D eigenvalue weighted by Crippen LogP contribution is -2.44. The topological polar surface area (TPSA) is 94.6 Å². The minimum Gasteiger partial charge on any atom is -0.494 e. The van der Waals surface area contributed by atoms with Crippen molar-refractivity contribution in [1.82, 2.24) is 19.8 Å². The Hall–Kier alpha value is -3.66. The zero-order chi connectivity index (χ0) is 26.9. The van der Waals surface area contributed by atoms with E-state index in [4.69, 9.17) is 16.3 Å². The summed E-state index contributed by atoms with van der Waals surface area (Å²) >= 11 is 6.34. The molecule has 0 unspecified atom stereocenters. The van der Waals surface area contributed by atoms with Gasteiger partial charge < -0.3 is 30.5 Å². The third-order valence-corrected chi connectivity index (χ3v) is 6.53. The van der Waals surface area contributed by atoms with Gasteiger partial charge in [-0.2, -0.15) is 4.98 Å². The minimum atomic E-state index is -0.286. The molecule has 4 rings (SSSR count). The molecule has 1 fully saturated rings. The molecule has 0 aliphatic carbocycles. The van der Waals surface area contributed by atoms with Gasteiger partial charge in [0.25, 0.3) is 0 Å². The maximum absolute atomic E-state index is 11.6. The smallest absolute Gasteiger partial charge is 0.247 e. The van der Waals surface area contributed by atoms with Gasteiger partial charge in [0.2, 0.25) is 11.9 Å². The number of anilines is 5. The molecule has 10 heteroatoms. The van der Waals surface area contributed by atoms with Gasteiger partial charge in [-0.1, -0.05) is 24.2 Å². The lowest BCUT2D eigenvalue weighted by Gasteiger charge is -2.32. The van der Waals surface area contributed by atoms with E-state index in [1.165, 1.54) is 12.3 Å². The molecule has 3 aromatic rings. The highest BCUT2D eigenvalue weighted by Crippen LogP contribution is 2.28. The first-order valence-corrected chi connectivity index (χ1v) is 13.0. The van der Waals surface area contributed by atoms with Gasteiger partial charge in [0.1, 0.15) is 10.8 Å². The molecule has 1 aliphatic heterocycles. The van der Waals surface area contributed by atoms with Gasteiger partial charge >= 0.3 is 0 Å². The summed E-state index contributed by atoms with van der Waals surface area (Å²) in [5, 5.41) is 9.54. The van der Waals surface area contributed by atoms with Crippen LogP contribution in [-0.2, 0) is 4.79 Å². The number of carbonyl (C=O) groups is 1. The quantitative estimate of drug-likeness (QED) is 0.231. The molecule has 2 heterocycles. The number of ether oxygens (including phenoxy) is 1. The van der Waals surface area contributed by atoms with Crippen molar-refractivity contribution in [1.29, 1.82) is 0 Å². The van der Waals surface area contributed by atoms with Crippen LogP contribution in [0.4, 0.5) is 28.8 Å². The maximum atomic E-state index is 11.6. The Morgan fingerprint density at radius 1 is 1.13 bits per heavy atom. The van der Waals surface area contributed by atoms with Gasteiger partial charge in [-0.25, -0.2) is 4.98 Å². The van der Waals surface area contributed by atoms with Gasteiger partial charge in [0.05, 0.1) is 12.8 Å². The van der Waals surface area contributed by atoms with Crippen LogP contribution >= 0.6 is 11.6 Å². The van der Waals surface area contributed by atoms with Gasteiger partial charge in [-0.15, -0.1) is 0 Å². The van der Waals surface area contributed by atoms with Gasteiger partial charge in [-0.05, 0) is 68.4 Å². The highest BCUT2D eigenvalue weighted by atomic mass is 35.5. The van der Waals surface area contributed by atoms with E-state index in [1.807, 2.05) is 37.3 Å². The predicted molar refractivity (Wildman–Crippen MR) is 154 cm³/mol. The number of halogens is 1. The Bertz CT molecular complexity index is 1260. The second-order valence-electron chi connectivity index (χ2n) is 9.24. The number of nitrogens with one attached hydrogen (secondary N) is 3. The standard InChI is InChI=1S/C28H34ClN7O2/c1-4-26(37)31-21-7-5-8-22(18-21)32-27-24(29)19-30-28(34-27)33-25-10-9-23(17-20(25)2)38-16-6-11-36-14-12-35(3)13-15-36/h4-5,7-10,17-19H,1,6,11-16H2,2-3H3,(H,31,37)(H2,30,32,33,34). The van der Waals surface area contributed by atoms with E-state index in [-0.39, 0.29) is 5.91 Å². The Morgan fingerprint density at radius 3 is 2.68 bits per heavy atom. The molecule has 38 heavy (non-hydrogen) atoms. The van der Waals surface area contributed by atoms with E-state index in [1.54, 1.807) is 12.1 Å². The van der Waals surface area contributed by atoms with E-state index in [0.29, 0.717) is 34.8 Å². The first-order chi connectivity index (χ1) is 18.4. The largest absolute Gasteiger partial charge is 0.494 e. The van der Waals surface area contributed by atoms with Crippen LogP contribution in [0.15, 0.2) is 61.3 Å². The SMILES string of the molecule is C=CC(=O)Nc1cccc(Nc2nc(Nc3ccc(OCCCN4CCN(C)CC4)cc3C)ncc2Cl)c1. The summed E-state index contributed by atoms with van der Waals surface area (Å²) in [6.07, 6.45) is 3.76. The average molecular weight is 536 g/mol. The number of piperazine rings is 1. The van der Waals surface area contributed by atoms with Crippen molar-refractivity contribution in [3.63, 3.8) is 0 Å². The van der Waals surface area contributed by atoms with Gasteiger partial charge in [0, 0.05) is 49.8 Å². The summed E-state index contributed by atoms with van der Waals surface area (Å²) < 4.78 is 5.99. The molecule has 3 N–H and O–H groups in total. The number of aromatic nitrogens is 2. The highest BCUT2D eigenvalue weighted by Gasteiger charge is 2.13. The molecule has 0 saturated carbocycles. The summed E-state index contributed by atoms with van der Waals surface area (Å²) in [7, 11) is 2.17. The minimum absolute atomic E-state index is 0.286. The van der Waals surface area contributed by atoms with Crippen molar-refractivity contribution < 1.29 is 9.53 Å². The fourth-order valence-electron chi connectivity index (χ4n) is 4.06. The van der Waals surface area contributed by atoms with Crippen LogP contribution < -0.4 is 20.7 Å². The van der Waals surface area contributed by atoms with E-state index in [2.05, 4.69) is 49.3 Å². The Kier molecular flexibility index (Phi) is 9.53. The molecule has 2 aromatic carbocycles. The van der Waals surface area contributed by atoms with Crippen LogP contribution in [-0.4, -0.2) is 72.1 Å². The van der Waals surface area contributed by atoms with Crippen LogP contribution in [0.5, 0.6) is 5.75 Å². The lowest BCUT2D eigenvalue weighted by molar-refractivity contribution is -0.111. The number of benzene rings is 2. The number of aryl methyl sites for hydroxylation is 1. The highest BCUT2D eigenvalue weighted by molar-refractivity contribution is 6.32. The summed E-state index contributed by atoms with van der Waals surface area (Å²) in [5.74, 6) is 1.40. The van der Waals surface area contributed by atoms with E-state index in [0.717, 1.165) is 56.1 Å². The molecule has 1 aliphatic rings. The number of likely N-dealkylation sites (N-methyl/N-ethyl adjacent to an activating group) is 1. The van der Waals surface area contributed by atoms with Crippen LogP contribution in [0.1, 0.15) is 12.0 Å². The molecule has 9 nitrogen and oxygen atoms in total. The molecule has 0 atom stereocenters. The van der Waals surface area contributed by atoms with Crippen LogP contribution in [0, 0.1) is 6.92 Å². The monoisotopic (exact) mass is 535 g/mol. The number of rotatable bonds is 11. The molecule has 200 valence electrons. The first-order valence-electron chi connectivity index (χ1n) is 12.6. The summed E-state index contributed by atoms with van der Waals surface area (Å²) in [4.78, 5) is 25.3. The second-order valence-corrected chi connectivity index (χ2v) is 9.65. The second kappa shape index (κ2) is 13.2. The molecular formula is C28H34ClN7O2. The zero-order valence-electron chi connectivity index (χ0n) is 21.8. The van der Waals surface area contributed by atoms with Crippen molar-refractivity contribution in [2.45, 2.75) is 13.3 Å². The van der Waals surface area contributed by atoms with E-state index in [9.17, 15) is 4.79 Å².